The van der Waals surface area contributed by atoms with Crippen LogP contribution in [-0.4, -0.2) is 35.0 Å². The first-order chi connectivity index (χ1) is 10.5. The average molecular weight is 305 g/mol. The van der Waals surface area contributed by atoms with E-state index in [9.17, 15) is 14.7 Å². The van der Waals surface area contributed by atoms with E-state index in [1.807, 2.05) is 4.90 Å². The van der Waals surface area contributed by atoms with Crippen LogP contribution in [0, 0.1) is 23.7 Å². The SMILES string of the molecule is CC(C)=C1[C@H]2CC[C@@H]1[C@@H](C(=O)O)[C@@H]2C(=O)N1CCCCCC1. The highest BCUT2D eigenvalue weighted by molar-refractivity contribution is 5.87. The highest BCUT2D eigenvalue weighted by Gasteiger charge is 2.57. The van der Waals surface area contributed by atoms with Crippen molar-refractivity contribution in [1.29, 1.82) is 0 Å². The van der Waals surface area contributed by atoms with Gasteiger partial charge in [0.2, 0.25) is 5.91 Å². The third-order valence-corrected chi connectivity index (χ3v) is 5.91. The lowest BCUT2D eigenvalue weighted by atomic mass is 9.78. The second kappa shape index (κ2) is 6.05. The molecule has 4 heteroatoms. The second-order valence-corrected chi connectivity index (χ2v) is 7.37. The minimum absolute atomic E-state index is 0.0911. The number of amides is 1. The third-order valence-electron chi connectivity index (χ3n) is 5.91. The van der Waals surface area contributed by atoms with E-state index < -0.39 is 11.9 Å². The zero-order chi connectivity index (χ0) is 15.9. The van der Waals surface area contributed by atoms with Gasteiger partial charge in [-0.1, -0.05) is 24.0 Å². The molecule has 3 aliphatic rings. The molecule has 3 fully saturated rings. The molecule has 2 saturated carbocycles. The van der Waals surface area contributed by atoms with Crippen LogP contribution >= 0.6 is 0 Å². The monoisotopic (exact) mass is 305 g/mol. The zero-order valence-corrected chi connectivity index (χ0v) is 13.7. The van der Waals surface area contributed by atoms with E-state index in [0.29, 0.717) is 0 Å². The molecule has 0 spiro atoms. The van der Waals surface area contributed by atoms with Crippen LogP contribution in [0.25, 0.3) is 0 Å². The van der Waals surface area contributed by atoms with Gasteiger partial charge in [-0.15, -0.1) is 0 Å². The molecule has 1 heterocycles. The van der Waals surface area contributed by atoms with Gasteiger partial charge in [0.15, 0.2) is 0 Å². The highest BCUT2D eigenvalue weighted by atomic mass is 16.4. The Kier molecular flexibility index (Phi) is 4.28. The molecular formula is C18H27NO3. The molecule has 4 nitrogen and oxygen atoms in total. The Bertz CT molecular complexity index is 498. The smallest absolute Gasteiger partial charge is 0.307 e. The summed E-state index contributed by atoms with van der Waals surface area (Å²) in [5.74, 6) is -1.22. The zero-order valence-electron chi connectivity index (χ0n) is 13.7. The van der Waals surface area contributed by atoms with Crippen molar-refractivity contribution in [2.24, 2.45) is 23.7 Å². The Morgan fingerprint density at radius 3 is 2.00 bits per heavy atom. The lowest BCUT2D eigenvalue weighted by Gasteiger charge is -2.31. The van der Waals surface area contributed by atoms with Crippen LogP contribution in [0.2, 0.25) is 0 Å². The van der Waals surface area contributed by atoms with Gasteiger partial charge in [-0.3, -0.25) is 9.59 Å². The third kappa shape index (κ3) is 2.46. The van der Waals surface area contributed by atoms with Gasteiger partial charge in [0.05, 0.1) is 11.8 Å². The summed E-state index contributed by atoms with van der Waals surface area (Å²) in [4.78, 5) is 26.9. The van der Waals surface area contributed by atoms with E-state index in [0.717, 1.165) is 38.8 Å². The molecule has 22 heavy (non-hydrogen) atoms. The maximum absolute atomic E-state index is 13.1. The summed E-state index contributed by atoms with van der Waals surface area (Å²) in [5.41, 5.74) is 2.51. The summed E-state index contributed by atoms with van der Waals surface area (Å²) in [6.07, 6.45) is 6.40. The Morgan fingerprint density at radius 2 is 1.50 bits per heavy atom. The van der Waals surface area contributed by atoms with E-state index in [2.05, 4.69) is 13.8 Å². The number of likely N-dealkylation sites (tertiary alicyclic amines) is 1. The van der Waals surface area contributed by atoms with Gasteiger partial charge >= 0.3 is 5.97 Å². The fourth-order valence-corrected chi connectivity index (χ4v) is 5.09. The summed E-state index contributed by atoms with van der Waals surface area (Å²) in [5, 5.41) is 9.71. The number of nitrogens with zero attached hydrogens (tertiary/aromatic N) is 1. The normalized spacial score (nSPS) is 34.6. The molecule has 1 amide bonds. The van der Waals surface area contributed by atoms with Gasteiger partial charge in [-0.25, -0.2) is 0 Å². The largest absolute Gasteiger partial charge is 0.481 e. The molecule has 0 aromatic carbocycles. The molecule has 0 aromatic heterocycles. The lowest BCUT2D eigenvalue weighted by Crippen LogP contribution is -2.44. The quantitative estimate of drug-likeness (QED) is 0.798. The molecule has 4 atom stereocenters. The molecule has 0 unspecified atom stereocenters. The van der Waals surface area contributed by atoms with Crippen molar-refractivity contribution in [2.45, 2.75) is 52.4 Å². The Balaban J connectivity index is 1.89. The first-order valence-corrected chi connectivity index (χ1v) is 8.71. The van der Waals surface area contributed by atoms with Crippen molar-refractivity contribution in [3.05, 3.63) is 11.1 Å². The molecule has 0 radical (unpaired) electrons. The Labute approximate surface area is 132 Å². The predicted molar refractivity (Wildman–Crippen MR) is 84.3 cm³/mol. The molecule has 122 valence electrons. The van der Waals surface area contributed by atoms with Crippen LogP contribution in [-0.2, 0) is 9.59 Å². The number of rotatable bonds is 2. The molecule has 1 N–H and O–H groups in total. The van der Waals surface area contributed by atoms with Crippen molar-refractivity contribution < 1.29 is 14.7 Å². The number of aliphatic carboxylic acids is 1. The maximum atomic E-state index is 13.1. The van der Waals surface area contributed by atoms with E-state index in [4.69, 9.17) is 0 Å². The number of fused-ring (bicyclic) bond motifs is 2. The van der Waals surface area contributed by atoms with Gasteiger partial charge < -0.3 is 10.0 Å². The number of hydrogen-bond acceptors (Lipinski definition) is 2. The van der Waals surface area contributed by atoms with Gasteiger partial charge in [-0.2, -0.15) is 0 Å². The average Bonchev–Trinajstić information content (AvgIpc) is 2.90. The first kappa shape index (κ1) is 15.6. The maximum Gasteiger partial charge on any atom is 0.307 e. The van der Waals surface area contributed by atoms with Crippen LogP contribution < -0.4 is 0 Å². The fourth-order valence-electron chi connectivity index (χ4n) is 5.09. The van der Waals surface area contributed by atoms with Gasteiger partial charge in [0.1, 0.15) is 0 Å². The summed E-state index contributed by atoms with van der Waals surface area (Å²) in [7, 11) is 0. The number of carboxylic acid groups (broad SMARTS) is 1. The highest BCUT2D eigenvalue weighted by Crippen LogP contribution is 2.57. The number of hydrogen-bond donors (Lipinski definition) is 1. The topological polar surface area (TPSA) is 57.6 Å². The lowest BCUT2D eigenvalue weighted by molar-refractivity contribution is -0.152. The molecule has 2 aliphatic carbocycles. The van der Waals surface area contributed by atoms with Crippen LogP contribution in [0.4, 0.5) is 0 Å². The second-order valence-electron chi connectivity index (χ2n) is 7.37. The van der Waals surface area contributed by atoms with Crippen molar-refractivity contribution in [3.8, 4) is 0 Å². The van der Waals surface area contributed by atoms with Crippen LogP contribution in [0.15, 0.2) is 11.1 Å². The van der Waals surface area contributed by atoms with Crippen molar-refractivity contribution >= 4 is 11.9 Å². The van der Waals surface area contributed by atoms with Crippen molar-refractivity contribution in [1.82, 2.24) is 4.90 Å². The molecule has 1 saturated heterocycles. The van der Waals surface area contributed by atoms with Crippen LogP contribution in [0.5, 0.6) is 0 Å². The molecule has 0 aromatic rings. The standard InChI is InChI=1S/C18H27NO3/c1-11(2)14-12-7-8-13(14)16(18(21)22)15(12)17(20)19-9-5-3-4-6-10-19/h12-13,15-16H,3-10H2,1-2H3,(H,21,22)/t12-,13+,15-,16-/m1/s1. The van der Waals surface area contributed by atoms with Crippen LogP contribution in [0.1, 0.15) is 52.4 Å². The summed E-state index contributed by atoms with van der Waals surface area (Å²) < 4.78 is 0. The molecule has 1 aliphatic heterocycles. The van der Waals surface area contributed by atoms with Crippen LogP contribution in [0.3, 0.4) is 0 Å². The van der Waals surface area contributed by atoms with E-state index >= 15 is 0 Å². The first-order valence-electron chi connectivity index (χ1n) is 8.71. The van der Waals surface area contributed by atoms with E-state index in [1.165, 1.54) is 24.0 Å². The summed E-state index contributed by atoms with van der Waals surface area (Å²) >= 11 is 0. The summed E-state index contributed by atoms with van der Waals surface area (Å²) in [6, 6.07) is 0. The van der Waals surface area contributed by atoms with Gasteiger partial charge in [-0.05, 0) is 51.4 Å². The van der Waals surface area contributed by atoms with E-state index in [1.54, 1.807) is 0 Å². The molecule has 3 rings (SSSR count). The number of carbonyl (C=O) groups excluding carboxylic acids is 1. The predicted octanol–water partition coefficient (Wildman–Crippen LogP) is 3.08. The minimum Gasteiger partial charge on any atom is -0.481 e. The van der Waals surface area contributed by atoms with E-state index in [-0.39, 0.29) is 23.7 Å². The number of carbonyl (C=O) groups is 2. The van der Waals surface area contributed by atoms with Gasteiger partial charge in [0, 0.05) is 13.1 Å². The fraction of sp³-hybridized carbons (Fsp3) is 0.778. The summed E-state index contributed by atoms with van der Waals surface area (Å²) in [6.45, 7) is 5.75. The van der Waals surface area contributed by atoms with Gasteiger partial charge in [0.25, 0.3) is 0 Å². The minimum atomic E-state index is -0.779. The van der Waals surface area contributed by atoms with Crippen molar-refractivity contribution in [2.75, 3.05) is 13.1 Å². The van der Waals surface area contributed by atoms with Crippen molar-refractivity contribution in [3.63, 3.8) is 0 Å². The molecule has 2 bridgehead atoms. The number of allylic oxidation sites excluding steroid dienone is 2. The number of carboxylic acids is 1. The molecular weight excluding hydrogens is 278 g/mol. The Hall–Kier alpha value is -1.32. The Morgan fingerprint density at radius 1 is 0.955 bits per heavy atom.